The maximum absolute atomic E-state index is 12.3. The molecule has 0 unspecified atom stereocenters. The molecule has 0 saturated carbocycles. The zero-order valence-electron chi connectivity index (χ0n) is 30.4. The van der Waals surface area contributed by atoms with E-state index in [1.807, 2.05) is 0 Å². The van der Waals surface area contributed by atoms with Crippen molar-refractivity contribution in [2.24, 2.45) is 5.92 Å². The molecule has 1 N–H and O–H groups in total. The van der Waals surface area contributed by atoms with Crippen molar-refractivity contribution in [3.63, 3.8) is 0 Å². The molecular formula is C39H77NO5. The molecule has 0 fully saturated rings. The highest BCUT2D eigenvalue weighted by molar-refractivity contribution is 5.69. The lowest BCUT2D eigenvalue weighted by atomic mass is 9.92. The molecule has 45 heavy (non-hydrogen) atoms. The van der Waals surface area contributed by atoms with E-state index in [-0.39, 0.29) is 18.5 Å². The second-order valence-corrected chi connectivity index (χ2v) is 13.5. The van der Waals surface area contributed by atoms with E-state index in [4.69, 9.17) is 9.47 Å². The standard InChI is InChI=1S/C39H77NO5/c1-4-7-10-13-14-15-16-17-18-24-35-44-39(43)29-25-32-40(33-34-41)31-23-19-22-28-38(42)45-36-30-37(26-20-11-8-5-2)27-21-12-9-6-3/h37,41H,4-36H2,1-3H3. The Hall–Kier alpha value is -1.14. The Morgan fingerprint density at radius 1 is 0.489 bits per heavy atom. The van der Waals surface area contributed by atoms with Crippen LogP contribution in [0.15, 0.2) is 0 Å². The summed E-state index contributed by atoms with van der Waals surface area (Å²) in [5.74, 6) is 0.525. The maximum atomic E-state index is 12.3. The van der Waals surface area contributed by atoms with Crippen LogP contribution in [-0.2, 0) is 19.1 Å². The van der Waals surface area contributed by atoms with E-state index in [2.05, 4.69) is 25.7 Å². The second kappa shape index (κ2) is 35.7. The quantitative estimate of drug-likeness (QED) is 0.0543. The van der Waals surface area contributed by atoms with E-state index in [0.29, 0.717) is 38.5 Å². The van der Waals surface area contributed by atoms with Gasteiger partial charge in [-0.25, -0.2) is 0 Å². The number of ether oxygens (including phenoxy) is 2. The number of hydrogen-bond donors (Lipinski definition) is 1. The summed E-state index contributed by atoms with van der Waals surface area (Å²) in [5.41, 5.74) is 0. The Balaban J connectivity index is 3.90. The number of hydrogen-bond acceptors (Lipinski definition) is 6. The van der Waals surface area contributed by atoms with Crippen LogP contribution in [0.1, 0.15) is 194 Å². The highest BCUT2D eigenvalue weighted by atomic mass is 16.5. The van der Waals surface area contributed by atoms with Gasteiger partial charge in [0.15, 0.2) is 0 Å². The van der Waals surface area contributed by atoms with Crippen molar-refractivity contribution >= 4 is 11.9 Å². The Kier molecular flexibility index (Phi) is 34.8. The van der Waals surface area contributed by atoms with Crippen LogP contribution < -0.4 is 0 Å². The van der Waals surface area contributed by atoms with E-state index >= 15 is 0 Å². The number of carbonyl (C=O) groups excluding carboxylic acids is 2. The fraction of sp³-hybridized carbons (Fsp3) is 0.949. The van der Waals surface area contributed by atoms with Crippen molar-refractivity contribution in [2.45, 2.75) is 194 Å². The van der Waals surface area contributed by atoms with E-state index in [1.54, 1.807) is 0 Å². The first kappa shape index (κ1) is 43.9. The van der Waals surface area contributed by atoms with Crippen LogP contribution in [0.2, 0.25) is 0 Å². The summed E-state index contributed by atoms with van der Waals surface area (Å²) in [5, 5.41) is 9.46. The molecule has 0 amide bonds. The summed E-state index contributed by atoms with van der Waals surface area (Å²) < 4.78 is 11.0. The summed E-state index contributed by atoms with van der Waals surface area (Å²) in [6, 6.07) is 0. The van der Waals surface area contributed by atoms with Gasteiger partial charge in [0.2, 0.25) is 0 Å². The minimum Gasteiger partial charge on any atom is -0.466 e. The van der Waals surface area contributed by atoms with Gasteiger partial charge < -0.3 is 19.5 Å². The van der Waals surface area contributed by atoms with Crippen molar-refractivity contribution in [1.29, 1.82) is 0 Å². The number of carbonyl (C=O) groups is 2. The van der Waals surface area contributed by atoms with Crippen LogP contribution in [0.4, 0.5) is 0 Å². The van der Waals surface area contributed by atoms with Crippen LogP contribution in [0.25, 0.3) is 0 Å². The Morgan fingerprint density at radius 3 is 1.49 bits per heavy atom. The minimum absolute atomic E-state index is 0.0609. The first-order valence-electron chi connectivity index (χ1n) is 19.7. The normalized spacial score (nSPS) is 11.5. The van der Waals surface area contributed by atoms with E-state index < -0.39 is 0 Å². The summed E-state index contributed by atoms with van der Waals surface area (Å²) in [7, 11) is 0. The molecule has 0 saturated heterocycles. The van der Waals surface area contributed by atoms with Gasteiger partial charge in [0.1, 0.15) is 0 Å². The highest BCUT2D eigenvalue weighted by Crippen LogP contribution is 2.22. The van der Waals surface area contributed by atoms with Crippen molar-refractivity contribution in [2.75, 3.05) is 39.5 Å². The van der Waals surface area contributed by atoms with Gasteiger partial charge in [-0.15, -0.1) is 0 Å². The van der Waals surface area contributed by atoms with Crippen molar-refractivity contribution < 1.29 is 24.2 Å². The van der Waals surface area contributed by atoms with Crippen LogP contribution >= 0.6 is 0 Å². The average Bonchev–Trinajstić information content (AvgIpc) is 3.03. The largest absolute Gasteiger partial charge is 0.466 e. The first-order valence-corrected chi connectivity index (χ1v) is 19.7. The Labute approximate surface area is 280 Å². The number of aliphatic hydroxyl groups is 1. The maximum Gasteiger partial charge on any atom is 0.305 e. The van der Waals surface area contributed by atoms with Crippen LogP contribution in [0, 0.1) is 5.92 Å². The lowest BCUT2D eigenvalue weighted by Crippen LogP contribution is -2.29. The number of esters is 2. The van der Waals surface area contributed by atoms with Crippen molar-refractivity contribution in [3.05, 3.63) is 0 Å². The third-order valence-electron chi connectivity index (χ3n) is 9.11. The molecule has 0 spiro atoms. The monoisotopic (exact) mass is 640 g/mol. The number of aliphatic hydroxyl groups excluding tert-OH is 1. The lowest BCUT2D eigenvalue weighted by Gasteiger charge is -2.21. The second-order valence-electron chi connectivity index (χ2n) is 13.5. The fourth-order valence-corrected chi connectivity index (χ4v) is 6.12. The molecule has 0 rings (SSSR count). The Bertz CT molecular complexity index is 617. The summed E-state index contributed by atoms with van der Waals surface area (Å²) in [6.45, 7) is 10.3. The van der Waals surface area contributed by atoms with Gasteiger partial charge in [0.05, 0.1) is 19.8 Å². The Morgan fingerprint density at radius 2 is 0.933 bits per heavy atom. The van der Waals surface area contributed by atoms with E-state index in [9.17, 15) is 14.7 Å². The highest BCUT2D eigenvalue weighted by Gasteiger charge is 2.12. The van der Waals surface area contributed by atoms with Crippen LogP contribution in [0.5, 0.6) is 0 Å². The topological polar surface area (TPSA) is 76.1 Å². The average molecular weight is 640 g/mol. The number of nitrogens with zero attached hydrogens (tertiary/aromatic N) is 1. The van der Waals surface area contributed by atoms with E-state index in [0.717, 1.165) is 58.0 Å². The molecule has 0 heterocycles. The number of rotatable bonds is 36. The molecule has 0 aromatic heterocycles. The van der Waals surface area contributed by atoms with Gasteiger partial charge in [-0.1, -0.05) is 149 Å². The minimum atomic E-state index is -0.104. The molecule has 0 aliphatic rings. The predicted molar refractivity (Wildman–Crippen MR) is 191 cm³/mol. The molecule has 0 aliphatic heterocycles. The van der Waals surface area contributed by atoms with Gasteiger partial charge in [0.25, 0.3) is 0 Å². The summed E-state index contributed by atoms with van der Waals surface area (Å²) in [4.78, 5) is 26.7. The molecule has 0 bridgehead atoms. The van der Waals surface area contributed by atoms with Gasteiger partial charge in [0, 0.05) is 19.4 Å². The SMILES string of the molecule is CCCCCCCCCCCCOC(=O)CCCN(CCO)CCCCCC(=O)OCCC(CCCCCC)CCCCCC. The molecule has 0 radical (unpaired) electrons. The smallest absolute Gasteiger partial charge is 0.305 e. The molecule has 0 atom stereocenters. The molecule has 0 aromatic rings. The molecule has 0 aromatic carbocycles. The lowest BCUT2D eigenvalue weighted by molar-refractivity contribution is -0.145. The molecule has 6 heteroatoms. The van der Waals surface area contributed by atoms with Gasteiger partial charge in [-0.05, 0) is 51.1 Å². The third kappa shape index (κ3) is 32.6. The summed E-state index contributed by atoms with van der Waals surface area (Å²) in [6.07, 6.45) is 31.2. The predicted octanol–water partition coefficient (Wildman–Crippen LogP) is 10.6. The molecule has 0 aliphatic carbocycles. The fourth-order valence-electron chi connectivity index (χ4n) is 6.12. The van der Waals surface area contributed by atoms with Gasteiger partial charge >= 0.3 is 11.9 Å². The van der Waals surface area contributed by atoms with Crippen molar-refractivity contribution in [3.8, 4) is 0 Å². The van der Waals surface area contributed by atoms with Crippen molar-refractivity contribution in [1.82, 2.24) is 4.90 Å². The van der Waals surface area contributed by atoms with Gasteiger partial charge in [-0.3, -0.25) is 9.59 Å². The van der Waals surface area contributed by atoms with Crippen LogP contribution in [0.3, 0.4) is 0 Å². The molecule has 6 nitrogen and oxygen atoms in total. The zero-order valence-corrected chi connectivity index (χ0v) is 30.4. The zero-order chi connectivity index (χ0) is 33.1. The first-order chi connectivity index (χ1) is 22.1. The summed E-state index contributed by atoms with van der Waals surface area (Å²) >= 11 is 0. The number of unbranched alkanes of at least 4 members (excludes halogenated alkanes) is 17. The van der Waals surface area contributed by atoms with Gasteiger partial charge in [-0.2, -0.15) is 0 Å². The third-order valence-corrected chi connectivity index (χ3v) is 9.11. The molecular weight excluding hydrogens is 562 g/mol. The van der Waals surface area contributed by atoms with Crippen LogP contribution in [-0.4, -0.2) is 61.4 Å². The molecule has 268 valence electrons. The van der Waals surface area contributed by atoms with E-state index in [1.165, 1.54) is 116 Å².